The average molecular weight is 501 g/mol. The lowest BCUT2D eigenvalue weighted by molar-refractivity contribution is -0.135. The minimum atomic E-state index is -0.208. The monoisotopic (exact) mass is 500 g/mol. The van der Waals surface area contributed by atoms with E-state index in [4.69, 9.17) is 5.10 Å². The Morgan fingerprint density at radius 2 is 1.78 bits per heavy atom. The Morgan fingerprint density at radius 3 is 2.46 bits per heavy atom. The summed E-state index contributed by atoms with van der Waals surface area (Å²) >= 11 is 0. The van der Waals surface area contributed by atoms with Crippen LogP contribution >= 0.6 is 0 Å². The number of hydrogen-bond acceptors (Lipinski definition) is 3. The molecule has 1 aromatic heterocycles. The largest absolute Gasteiger partial charge is 0.333 e. The number of aryl methyl sites for hydroxylation is 2. The van der Waals surface area contributed by atoms with Crippen LogP contribution < -0.4 is 5.32 Å². The standard InChI is InChI=1S/C31H40N4O2/c1-22(2)20-34(31(37)17-15-25-10-8-9-11-25)21-30(36)32-29-19-27(26-12-6-5-7-13-26)33-35(29)28-16-14-23(3)18-24(28)4/h5-7,12-14,16,18-19,22,25H,8-11,15,17,20-21H2,1-4H3,(H,32,36). The Kier molecular flexibility index (Phi) is 8.80. The molecule has 0 atom stereocenters. The third-order valence-corrected chi connectivity index (χ3v) is 7.14. The van der Waals surface area contributed by atoms with Crippen LogP contribution in [0.3, 0.4) is 0 Å². The van der Waals surface area contributed by atoms with E-state index in [1.807, 2.05) is 55.5 Å². The zero-order valence-corrected chi connectivity index (χ0v) is 22.7. The quantitative estimate of drug-likeness (QED) is 0.343. The molecule has 3 aromatic rings. The molecule has 0 unspecified atom stereocenters. The van der Waals surface area contributed by atoms with Crippen LogP contribution in [0.5, 0.6) is 0 Å². The number of aromatic nitrogens is 2. The number of amides is 2. The summed E-state index contributed by atoms with van der Waals surface area (Å²) in [6, 6.07) is 18.0. The number of hydrogen-bond donors (Lipinski definition) is 1. The molecular weight excluding hydrogens is 460 g/mol. The van der Waals surface area contributed by atoms with Crippen LogP contribution in [-0.4, -0.2) is 39.6 Å². The second-order valence-electron chi connectivity index (χ2n) is 10.9. The highest BCUT2D eigenvalue weighted by Gasteiger charge is 2.23. The Hall–Kier alpha value is -3.41. The minimum Gasteiger partial charge on any atom is -0.333 e. The Morgan fingerprint density at radius 1 is 1.05 bits per heavy atom. The van der Waals surface area contributed by atoms with Gasteiger partial charge >= 0.3 is 0 Å². The summed E-state index contributed by atoms with van der Waals surface area (Å²) in [4.78, 5) is 28.1. The summed E-state index contributed by atoms with van der Waals surface area (Å²) in [5.74, 6) is 1.40. The van der Waals surface area contributed by atoms with E-state index in [0.717, 1.165) is 28.9 Å². The van der Waals surface area contributed by atoms with E-state index in [9.17, 15) is 9.59 Å². The number of carbonyl (C=O) groups is 2. The van der Waals surface area contributed by atoms with Gasteiger partial charge in [0.25, 0.3) is 0 Å². The summed E-state index contributed by atoms with van der Waals surface area (Å²) in [5, 5.41) is 7.92. The predicted octanol–water partition coefficient (Wildman–Crippen LogP) is 6.55. The van der Waals surface area contributed by atoms with E-state index < -0.39 is 0 Å². The maximum Gasteiger partial charge on any atom is 0.245 e. The first-order valence-electron chi connectivity index (χ1n) is 13.6. The molecule has 6 heteroatoms. The highest BCUT2D eigenvalue weighted by molar-refractivity contribution is 5.94. The Bertz CT molecular complexity index is 1210. The van der Waals surface area contributed by atoms with Crippen molar-refractivity contribution in [2.45, 2.75) is 66.2 Å². The molecule has 1 aliphatic rings. The summed E-state index contributed by atoms with van der Waals surface area (Å²) in [6.45, 7) is 8.88. The van der Waals surface area contributed by atoms with E-state index in [1.165, 1.54) is 31.2 Å². The second-order valence-corrected chi connectivity index (χ2v) is 10.9. The number of nitrogens with one attached hydrogen (secondary N) is 1. The van der Waals surface area contributed by atoms with Crippen molar-refractivity contribution in [3.05, 3.63) is 65.7 Å². The summed E-state index contributed by atoms with van der Waals surface area (Å²) < 4.78 is 1.80. The third kappa shape index (κ3) is 7.09. The zero-order chi connectivity index (χ0) is 26.4. The molecule has 196 valence electrons. The van der Waals surface area contributed by atoms with Gasteiger partial charge in [-0.25, -0.2) is 4.68 Å². The molecule has 0 radical (unpaired) electrons. The normalized spacial score (nSPS) is 13.8. The molecule has 6 nitrogen and oxygen atoms in total. The zero-order valence-electron chi connectivity index (χ0n) is 22.7. The lowest BCUT2D eigenvalue weighted by Crippen LogP contribution is -2.40. The van der Waals surface area contributed by atoms with Gasteiger partial charge in [0.15, 0.2) is 0 Å². The first-order chi connectivity index (χ1) is 17.8. The van der Waals surface area contributed by atoms with Crippen molar-refractivity contribution in [1.29, 1.82) is 0 Å². The van der Waals surface area contributed by atoms with Gasteiger partial charge in [0.1, 0.15) is 5.82 Å². The lowest BCUT2D eigenvalue weighted by Gasteiger charge is -2.25. The van der Waals surface area contributed by atoms with Gasteiger partial charge in [0.2, 0.25) is 11.8 Å². The SMILES string of the molecule is Cc1ccc(-n2nc(-c3ccccc3)cc2NC(=O)CN(CC(C)C)C(=O)CCC2CCCC2)c(C)c1. The van der Waals surface area contributed by atoms with Crippen molar-refractivity contribution in [1.82, 2.24) is 14.7 Å². The molecule has 1 fully saturated rings. The first kappa shape index (κ1) is 26.6. The highest BCUT2D eigenvalue weighted by Crippen LogP contribution is 2.29. The van der Waals surface area contributed by atoms with Gasteiger partial charge in [-0.2, -0.15) is 5.10 Å². The molecule has 2 aromatic carbocycles. The van der Waals surface area contributed by atoms with Crippen molar-refractivity contribution in [3.63, 3.8) is 0 Å². The van der Waals surface area contributed by atoms with Crippen molar-refractivity contribution in [3.8, 4) is 16.9 Å². The van der Waals surface area contributed by atoms with Crippen LogP contribution in [0.15, 0.2) is 54.6 Å². The summed E-state index contributed by atoms with van der Waals surface area (Å²) in [6.07, 6.45) is 6.44. The molecule has 1 aliphatic carbocycles. The molecule has 0 spiro atoms. The van der Waals surface area contributed by atoms with E-state index in [-0.39, 0.29) is 24.3 Å². The van der Waals surface area contributed by atoms with Crippen LogP contribution in [-0.2, 0) is 9.59 Å². The van der Waals surface area contributed by atoms with Crippen molar-refractivity contribution in [2.75, 3.05) is 18.4 Å². The molecule has 1 saturated carbocycles. The van der Waals surface area contributed by atoms with Gasteiger partial charge in [-0.15, -0.1) is 0 Å². The molecule has 2 amide bonds. The summed E-state index contributed by atoms with van der Waals surface area (Å²) in [5.41, 5.74) is 4.91. The van der Waals surface area contributed by atoms with Crippen LogP contribution in [0, 0.1) is 25.7 Å². The van der Waals surface area contributed by atoms with E-state index in [0.29, 0.717) is 24.7 Å². The van der Waals surface area contributed by atoms with E-state index in [1.54, 1.807) is 9.58 Å². The number of anilines is 1. The van der Waals surface area contributed by atoms with Crippen LogP contribution in [0.2, 0.25) is 0 Å². The number of rotatable bonds is 10. The maximum atomic E-state index is 13.3. The molecule has 0 bridgehead atoms. The van der Waals surface area contributed by atoms with Crippen molar-refractivity contribution >= 4 is 17.6 Å². The molecule has 0 aliphatic heterocycles. The second kappa shape index (κ2) is 12.2. The fourth-order valence-electron chi connectivity index (χ4n) is 5.28. The van der Waals surface area contributed by atoms with Gasteiger partial charge in [-0.3, -0.25) is 9.59 Å². The molecule has 1 N–H and O–H groups in total. The predicted molar refractivity (Wildman–Crippen MR) is 150 cm³/mol. The van der Waals surface area contributed by atoms with E-state index in [2.05, 4.69) is 32.2 Å². The van der Waals surface area contributed by atoms with Crippen LogP contribution in [0.4, 0.5) is 5.82 Å². The number of nitrogens with zero attached hydrogens (tertiary/aromatic N) is 3. The van der Waals surface area contributed by atoms with Crippen LogP contribution in [0.25, 0.3) is 16.9 Å². The van der Waals surface area contributed by atoms with Crippen molar-refractivity contribution in [2.24, 2.45) is 11.8 Å². The van der Waals surface area contributed by atoms with Gasteiger partial charge in [-0.1, -0.05) is 87.6 Å². The third-order valence-electron chi connectivity index (χ3n) is 7.14. The van der Waals surface area contributed by atoms with E-state index >= 15 is 0 Å². The lowest BCUT2D eigenvalue weighted by atomic mass is 10.0. The maximum absolute atomic E-state index is 13.3. The van der Waals surface area contributed by atoms with Crippen LogP contribution in [0.1, 0.15) is 63.5 Å². The van der Waals surface area contributed by atoms with Gasteiger partial charge in [0.05, 0.1) is 17.9 Å². The highest BCUT2D eigenvalue weighted by atomic mass is 16.2. The Labute approximate surface area is 221 Å². The summed E-state index contributed by atoms with van der Waals surface area (Å²) in [7, 11) is 0. The molecule has 0 saturated heterocycles. The topological polar surface area (TPSA) is 67.2 Å². The number of carbonyl (C=O) groups excluding carboxylic acids is 2. The number of benzene rings is 2. The Balaban J connectivity index is 1.54. The average Bonchev–Trinajstić information content (AvgIpc) is 3.53. The molecular formula is C31H40N4O2. The molecule has 37 heavy (non-hydrogen) atoms. The molecule has 1 heterocycles. The fourth-order valence-corrected chi connectivity index (χ4v) is 5.28. The first-order valence-corrected chi connectivity index (χ1v) is 13.6. The van der Waals surface area contributed by atoms with Gasteiger partial charge < -0.3 is 10.2 Å². The molecule has 4 rings (SSSR count). The van der Waals surface area contributed by atoms with Gasteiger partial charge in [-0.05, 0) is 43.7 Å². The van der Waals surface area contributed by atoms with Crippen molar-refractivity contribution < 1.29 is 9.59 Å². The minimum absolute atomic E-state index is 0.0421. The smallest absolute Gasteiger partial charge is 0.245 e. The fraction of sp³-hybridized carbons (Fsp3) is 0.452. The van der Waals surface area contributed by atoms with Gasteiger partial charge in [0, 0.05) is 24.6 Å².